The highest BCUT2D eigenvalue weighted by atomic mass is 79.9. The molecule has 5 heteroatoms. The average Bonchev–Trinajstić information content (AvgIpc) is 2.32. The van der Waals surface area contributed by atoms with Crippen LogP contribution in [-0.2, 0) is 5.41 Å². The summed E-state index contributed by atoms with van der Waals surface area (Å²) in [6.45, 7) is 8.23. The van der Waals surface area contributed by atoms with Crippen LogP contribution in [-0.4, -0.2) is 9.97 Å². The Balaban J connectivity index is 2.39. The van der Waals surface area contributed by atoms with Gasteiger partial charge in [0.15, 0.2) is 0 Å². The fourth-order valence-corrected chi connectivity index (χ4v) is 2.23. The molecule has 106 valence electrons. The Bertz CT molecular complexity index is 636. The molecule has 2 aromatic rings. The Labute approximate surface area is 132 Å². The zero-order valence-corrected chi connectivity index (χ0v) is 14.3. The van der Waals surface area contributed by atoms with Crippen molar-refractivity contribution in [1.29, 1.82) is 0 Å². The van der Waals surface area contributed by atoms with Gasteiger partial charge in [-0.1, -0.05) is 54.4 Å². The van der Waals surface area contributed by atoms with E-state index < -0.39 is 0 Å². The minimum Gasteiger partial charge on any atom is -0.340 e. The highest BCUT2D eigenvalue weighted by Gasteiger charge is 2.19. The van der Waals surface area contributed by atoms with Crippen LogP contribution in [0.2, 0.25) is 5.15 Å². The Morgan fingerprint density at radius 3 is 2.50 bits per heavy atom. The van der Waals surface area contributed by atoms with Crippen LogP contribution in [0, 0.1) is 6.92 Å². The van der Waals surface area contributed by atoms with Gasteiger partial charge in [-0.05, 0) is 24.6 Å². The highest BCUT2D eigenvalue weighted by Crippen LogP contribution is 2.27. The molecule has 0 saturated carbocycles. The molecule has 0 spiro atoms. The van der Waals surface area contributed by atoms with Crippen molar-refractivity contribution in [3.63, 3.8) is 0 Å². The Morgan fingerprint density at radius 1 is 1.15 bits per heavy atom. The number of nitrogens with zero attached hydrogens (tertiary/aromatic N) is 2. The van der Waals surface area contributed by atoms with E-state index in [2.05, 4.69) is 52.0 Å². The first kappa shape index (κ1) is 15.3. The summed E-state index contributed by atoms with van der Waals surface area (Å²) in [5, 5.41) is 3.75. The van der Waals surface area contributed by atoms with E-state index in [1.54, 1.807) is 6.07 Å². The number of halogens is 2. The van der Waals surface area contributed by atoms with E-state index in [0.717, 1.165) is 21.5 Å². The summed E-state index contributed by atoms with van der Waals surface area (Å²) in [6.07, 6.45) is 0. The van der Waals surface area contributed by atoms with Gasteiger partial charge in [0.2, 0.25) is 0 Å². The molecular formula is C15H17BrClN3. The molecular weight excluding hydrogens is 338 g/mol. The molecule has 0 aliphatic carbocycles. The maximum Gasteiger partial charge on any atom is 0.137 e. The third kappa shape index (κ3) is 3.70. The number of benzene rings is 1. The molecule has 0 aliphatic rings. The van der Waals surface area contributed by atoms with E-state index in [9.17, 15) is 0 Å². The van der Waals surface area contributed by atoms with Crippen LogP contribution in [0.5, 0.6) is 0 Å². The van der Waals surface area contributed by atoms with E-state index in [1.165, 1.54) is 0 Å². The predicted molar refractivity (Wildman–Crippen MR) is 87.9 cm³/mol. The quantitative estimate of drug-likeness (QED) is 0.749. The number of anilines is 2. The zero-order valence-electron chi connectivity index (χ0n) is 12.0. The monoisotopic (exact) mass is 353 g/mol. The van der Waals surface area contributed by atoms with Crippen molar-refractivity contribution in [3.8, 4) is 0 Å². The maximum atomic E-state index is 6.09. The van der Waals surface area contributed by atoms with E-state index in [4.69, 9.17) is 11.6 Å². The molecule has 0 saturated heterocycles. The molecule has 0 amide bonds. The van der Waals surface area contributed by atoms with Crippen LogP contribution in [0.25, 0.3) is 0 Å². The van der Waals surface area contributed by atoms with Gasteiger partial charge >= 0.3 is 0 Å². The first-order valence-corrected chi connectivity index (χ1v) is 7.51. The van der Waals surface area contributed by atoms with Gasteiger partial charge in [0.25, 0.3) is 0 Å². The lowest BCUT2D eigenvalue weighted by atomic mass is 9.96. The zero-order chi connectivity index (χ0) is 14.9. The summed E-state index contributed by atoms with van der Waals surface area (Å²) in [7, 11) is 0. The van der Waals surface area contributed by atoms with Crippen molar-refractivity contribution < 1.29 is 0 Å². The van der Waals surface area contributed by atoms with Crippen LogP contribution in [0.4, 0.5) is 11.5 Å². The topological polar surface area (TPSA) is 37.8 Å². The second-order valence-electron chi connectivity index (χ2n) is 5.73. The molecule has 1 heterocycles. The molecule has 1 N–H and O–H groups in total. The lowest BCUT2D eigenvalue weighted by Gasteiger charge is -2.18. The van der Waals surface area contributed by atoms with Crippen LogP contribution in [0.3, 0.4) is 0 Å². The second kappa shape index (κ2) is 5.70. The summed E-state index contributed by atoms with van der Waals surface area (Å²) in [6, 6.07) is 7.80. The summed E-state index contributed by atoms with van der Waals surface area (Å²) in [5.41, 5.74) is 1.99. The van der Waals surface area contributed by atoms with Crippen molar-refractivity contribution in [3.05, 3.63) is 45.3 Å². The van der Waals surface area contributed by atoms with Crippen LogP contribution >= 0.6 is 27.5 Å². The standard InChI is InChI=1S/C15H17BrClN3/c1-9-5-6-10(16)7-11(9)18-13-8-12(17)19-14(20-13)15(2,3)4/h5-8H,1-4H3,(H,18,19,20). The predicted octanol–water partition coefficient (Wildman–Crippen LogP) is 5.24. The molecule has 1 aromatic heterocycles. The lowest BCUT2D eigenvalue weighted by Crippen LogP contribution is -2.16. The summed E-state index contributed by atoms with van der Waals surface area (Å²) < 4.78 is 1.02. The lowest BCUT2D eigenvalue weighted by molar-refractivity contribution is 0.546. The van der Waals surface area contributed by atoms with Crippen molar-refractivity contribution in [2.75, 3.05) is 5.32 Å². The van der Waals surface area contributed by atoms with Gasteiger partial charge in [0, 0.05) is 21.6 Å². The molecule has 0 fully saturated rings. The van der Waals surface area contributed by atoms with Crippen molar-refractivity contribution in [2.24, 2.45) is 0 Å². The maximum absolute atomic E-state index is 6.09. The number of hydrogen-bond acceptors (Lipinski definition) is 3. The van der Waals surface area contributed by atoms with Gasteiger partial charge in [0.1, 0.15) is 16.8 Å². The third-order valence-corrected chi connectivity index (χ3v) is 3.51. The Hall–Kier alpha value is -1.13. The molecule has 0 bridgehead atoms. The largest absolute Gasteiger partial charge is 0.340 e. The van der Waals surface area contributed by atoms with Crippen LogP contribution < -0.4 is 5.32 Å². The molecule has 0 unspecified atom stereocenters. The van der Waals surface area contributed by atoms with Gasteiger partial charge in [-0.25, -0.2) is 9.97 Å². The average molecular weight is 355 g/mol. The van der Waals surface area contributed by atoms with E-state index in [1.807, 2.05) is 25.1 Å². The third-order valence-electron chi connectivity index (χ3n) is 2.83. The van der Waals surface area contributed by atoms with Gasteiger partial charge in [-0.3, -0.25) is 0 Å². The van der Waals surface area contributed by atoms with E-state index in [-0.39, 0.29) is 5.41 Å². The number of nitrogens with one attached hydrogen (secondary N) is 1. The molecule has 0 atom stereocenters. The first-order chi connectivity index (χ1) is 9.25. The Kier molecular flexibility index (Phi) is 4.35. The first-order valence-electron chi connectivity index (χ1n) is 6.34. The van der Waals surface area contributed by atoms with Gasteiger partial charge in [0.05, 0.1) is 0 Å². The van der Waals surface area contributed by atoms with Crippen molar-refractivity contribution in [1.82, 2.24) is 9.97 Å². The van der Waals surface area contributed by atoms with Gasteiger partial charge in [-0.15, -0.1) is 0 Å². The van der Waals surface area contributed by atoms with E-state index in [0.29, 0.717) is 11.0 Å². The van der Waals surface area contributed by atoms with Gasteiger partial charge < -0.3 is 5.32 Å². The highest BCUT2D eigenvalue weighted by molar-refractivity contribution is 9.10. The van der Waals surface area contributed by atoms with E-state index >= 15 is 0 Å². The molecule has 3 nitrogen and oxygen atoms in total. The molecule has 0 aliphatic heterocycles. The fraction of sp³-hybridized carbons (Fsp3) is 0.333. The van der Waals surface area contributed by atoms with Crippen LogP contribution in [0.15, 0.2) is 28.7 Å². The summed E-state index contributed by atoms with van der Waals surface area (Å²) >= 11 is 9.56. The Morgan fingerprint density at radius 2 is 1.85 bits per heavy atom. The molecule has 1 aromatic carbocycles. The molecule has 0 radical (unpaired) electrons. The molecule has 20 heavy (non-hydrogen) atoms. The fourth-order valence-electron chi connectivity index (χ4n) is 1.68. The smallest absolute Gasteiger partial charge is 0.137 e. The van der Waals surface area contributed by atoms with Crippen LogP contribution in [0.1, 0.15) is 32.2 Å². The minimum absolute atomic E-state index is 0.145. The second-order valence-corrected chi connectivity index (χ2v) is 7.04. The van der Waals surface area contributed by atoms with Crippen molar-refractivity contribution in [2.45, 2.75) is 33.1 Å². The minimum atomic E-state index is -0.145. The number of aromatic nitrogens is 2. The summed E-state index contributed by atoms with van der Waals surface area (Å²) in [4.78, 5) is 8.84. The normalized spacial score (nSPS) is 11.5. The van der Waals surface area contributed by atoms with Crippen molar-refractivity contribution >= 4 is 39.0 Å². The SMILES string of the molecule is Cc1ccc(Br)cc1Nc1cc(Cl)nc(C(C)(C)C)n1. The molecule has 2 rings (SSSR count). The summed E-state index contributed by atoms with van der Waals surface area (Å²) in [5.74, 6) is 1.43. The number of hydrogen-bond donors (Lipinski definition) is 1. The number of aryl methyl sites for hydroxylation is 1. The van der Waals surface area contributed by atoms with Gasteiger partial charge in [-0.2, -0.15) is 0 Å². The number of rotatable bonds is 2.